The molecule has 1 aromatic carbocycles. The highest BCUT2D eigenvalue weighted by molar-refractivity contribution is 5.39. The van der Waals surface area contributed by atoms with Crippen LogP contribution < -0.4 is 0 Å². The van der Waals surface area contributed by atoms with E-state index in [1.807, 2.05) is 30.3 Å². The number of aliphatic imine (C=N–C) groups is 4. The fraction of sp³-hybridized carbons (Fsp3) is 0.444. The standard InChI is InChI=1S/C10H8N2O2.C8H10N2O2/c13-7-11-6-10(12-8-14)9-4-2-1-3-5-9;11-6-9-8(10-7-12)4-2-1-3-5-8/h1-5,10H,6H2;1-5H2. The molecule has 8 heteroatoms. The van der Waals surface area contributed by atoms with E-state index in [4.69, 9.17) is 0 Å². The smallest absolute Gasteiger partial charge is 0.211 e. The van der Waals surface area contributed by atoms with Crippen molar-refractivity contribution < 1.29 is 19.2 Å². The second-order valence-corrected chi connectivity index (χ2v) is 5.53. The molecule has 1 fully saturated rings. The molecule has 1 aliphatic rings. The second-order valence-electron chi connectivity index (χ2n) is 5.53. The predicted molar refractivity (Wildman–Crippen MR) is 92.4 cm³/mol. The van der Waals surface area contributed by atoms with Gasteiger partial charge in [0, 0.05) is 0 Å². The molecule has 1 unspecified atom stereocenters. The van der Waals surface area contributed by atoms with E-state index in [1.54, 1.807) is 0 Å². The minimum atomic E-state index is -0.818. The van der Waals surface area contributed by atoms with E-state index in [2.05, 4.69) is 20.0 Å². The maximum atomic E-state index is 10.1. The molecule has 2 rings (SSSR count). The summed E-state index contributed by atoms with van der Waals surface area (Å²) in [5.41, 5.74) is 0.0109. The Balaban J connectivity index is 0.000000263. The lowest BCUT2D eigenvalue weighted by Gasteiger charge is -2.25. The maximum Gasteiger partial charge on any atom is 0.237 e. The maximum absolute atomic E-state index is 10.1. The first-order valence-corrected chi connectivity index (χ1v) is 8.05. The Bertz CT molecular complexity index is 729. The fourth-order valence-electron chi connectivity index (χ4n) is 2.62. The van der Waals surface area contributed by atoms with Gasteiger partial charge >= 0.3 is 0 Å². The summed E-state index contributed by atoms with van der Waals surface area (Å²) < 4.78 is 0. The van der Waals surface area contributed by atoms with Crippen LogP contribution in [0.2, 0.25) is 0 Å². The van der Waals surface area contributed by atoms with Crippen LogP contribution in [-0.2, 0) is 19.2 Å². The van der Waals surface area contributed by atoms with E-state index in [9.17, 15) is 19.2 Å². The normalized spacial score (nSPS) is 15.2. The topological polar surface area (TPSA) is 118 Å². The summed E-state index contributed by atoms with van der Waals surface area (Å²) in [6.45, 7) is 0.128. The summed E-state index contributed by atoms with van der Waals surface area (Å²) in [5.74, 6) is 0. The van der Waals surface area contributed by atoms with Gasteiger partial charge < -0.3 is 0 Å². The van der Waals surface area contributed by atoms with Gasteiger partial charge in [-0.3, -0.25) is 0 Å². The molecule has 134 valence electrons. The number of isocyanates is 4. The van der Waals surface area contributed by atoms with Gasteiger partial charge in [0.2, 0.25) is 24.3 Å². The highest BCUT2D eigenvalue weighted by Gasteiger charge is 2.31. The molecule has 0 bridgehead atoms. The molecule has 0 heterocycles. The first kappa shape index (κ1) is 20.8. The summed E-state index contributed by atoms with van der Waals surface area (Å²) in [7, 11) is 0. The van der Waals surface area contributed by atoms with E-state index in [0.717, 1.165) is 24.8 Å². The third-order valence-electron chi connectivity index (χ3n) is 3.88. The van der Waals surface area contributed by atoms with Gasteiger partial charge in [0.1, 0.15) is 6.04 Å². The Labute approximate surface area is 150 Å². The van der Waals surface area contributed by atoms with E-state index in [1.165, 1.54) is 24.3 Å². The first-order valence-electron chi connectivity index (χ1n) is 8.05. The van der Waals surface area contributed by atoms with Gasteiger partial charge in [-0.2, -0.15) is 15.0 Å². The summed E-state index contributed by atoms with van der Waals surface area (Å²) in [5, 5.41) is 0. The number of benzene rings is 1. The van der Waals surface area contributed by atoms with Crippen LogP contribution in [0.4, 0.5) is 0 Å². The number of rotatable bonds is 6. The highest BCUT2D eigenvalue weighted by Crippen LogP contribution is 2.32. The third-order valence-corrected chi connectivity index (χ3v) is 3.88. The van der Waals surface area contributed by atoms with Crippen molar-refractivity contribution in [2.45, 2.75) is 43.8 Å². The largest absolute Gasteiger partial charge is 0.237 e. The molecule has 26 heavy (non-hydrogen) atoms. The summed E-state index contributed by atoms with van der Waals surface area (Å²) in [6, 6.07) is 8.70. The van der Waals surface area contributed by atoms with Gasteiger partial charge in [-0.1, -0.05) is 36.8 Å². The van der Waals surface area contributed by atoms with Crippen LogP contribution in [0.25, 0.3) is 0 Å². The third kappa shape index (κ3) is 7.10. The minimum Gasteiger partial charge on any atom is -0.211 e. The van der Waals surface area contributed by atoms with Crippen molar-refractivity contribution in [2.75, 3.05) is 6.54 Å². The Morgan fingerprint density at radius 1 is 0.846 bits per heavy atom. The van der Waals surface area contributed by atoms with Crippen LogP contribution >= 0.6 is 0 Å². The molecule has 0 aliphatic heterocycles. The fourth-order valence-corrected chi connectivity index (χ4v) is 2.62. The molecular formula is C18H18N4O4. The van der Waals surface area contributed by atoms with Crippen LogP contribution in [0.5, 0.6) is 0 Å². The van der Waals surface area contributed by atoms with Crippen molar-refractivity contribution in [3.63, 3.8) is 0 Å². The van der Waals surface area contributed by atoms with Crippen LogP contribution in [0.15, 0.2) is 50.3 Å². The number of hydrogen-bond acceptors (Lipinski definition) is 8. The lowest BCUT2D eigenvalue weighted by molar-refractivity contribution is 0.309. The molecule has 0 amide bonds. The molecular weight excluding hydrogens is 336 g/mol. The molecule has 0 radical (unpaired) electrons. The SMILES string of the molecule is O=C=NC1(N=C=O)CCCCC1.O=C=NCC(N=C=O)c1ccccc1. The zero-order valence-electron chi connectivity index (χ0n) is 14.1. The van der Waals surface area contributed by atoms with Crippen LogP contribution in [0.1, 0.15) is 43.7 Å². The summed E-state index contributed by atoms with van der Waals surface area (Å²) in [6.07, 6.45) is 10.2. The molecule has 0 spiro atoms. The molecule has 1 atom stereocenters. The molecule has 1 saturated carbocycles. The van der Waals surface area contributed by atoms with Crippen molar-refractivity contribution in [2.24, 2.45) is 20.0 Å². The number of hydrogen-bond donors (Lipinski definition) is 0. The Morgan fingerprint density at radius 2 is 1.46 bits per heavy atom. The molecule has 0 N–H and O–H groups in total. The summed E-state index contributed by atoms with van der Waals surface area (Å²) >= 11 is 0. The quantitative estimate of drug-likeness (QED) is 0.576. The Hall–Kier alpha value is -3.26. The van der Waals surface area contributed by atoms with Crippen molar-refractivity contribution >= 4 is 24.3 Å². The lowest BCUT2D eigenvalue weighted by Crippen LogP contribution is -2.26. The molecule has 0 aromatic heterocycles. The van der Waals surface area contributed by atoms with Crippen LogP contribution in [0.3, 0.4) is 0 Å². The minimum absolute atomic E-state index is 0.128. The molecule has 1 aliphatic carbocycles. The zero-order valence-corrected chi connectivity index (χ0v) is 14.1. The second kappa shape index (κ2) is 12.2. The lowest BCUT2D eigenvalue weighted by atomic mass is 9.90. The van der Waals surface area contributed by atoms with Gasteiger partial charge in [0.05, 0.1) is 6.54 Å². The average Bonchev–Trinajstić information content (AvgIpc) is 2.67. The number of carbonyl (C=O) groups excluding carboxylic acids is 4. The molecule has 8 nitrogen and oxygen atoms in total. The van der Waals surface area contributed by atoms with Crippen molar-refractivity contribution in [1.82, 2.24) is 0 Å². The van der Waals surface area contributed by atoms with Gasteiger partial charge in [-0.15, -0.1) is 0 Å². The van der Waals surface area contributed by atoms with Crippen molar-refractivity contribution in [3.05, 3.63) is 35.9 Å². The van der Waals surface area contributed by atoms with Crippen molar-refractivity contribution in [3.8, 4) is 0 Å². The van der Waals surface area contributed by atoms with Gasteiger partial charge in [-0.05, 0) is 31.2 Å². The van der Waals surface area contributed by atoms with E-state index < -0.39 is 11.7 Å². The van der Waals surface area contributed by atoms with Gasteiger partial charge in [0.15, 0.2) is 5.66 Å². The van der Waals surface area contributed by atoms with Gasteiger partial charge in [-0.25, -0.2) is 24.2 Å². The van der Waals surface area contributed by atoms with Crippen LogP contribution in [0, 0.1) is 0 Å². The van der Waals surface area contributed by atoms with Crippen LogP contribution in [-0.4, -0.2) is 36.5 Å². The Morgan fingerprint density at radius 3 is 1.96 bits per heavy atom. The predicted octanol–water partition coefficient (Wildman–Crippen LogP) is 2.72. The number of nitrogens with zero attached hydrogens (tertiary/aromatic N) is 4. The van der Waals surface area contributed by atoms with E-state index in [-0.39, 0.29) is 6.54 Å². The molecule has 0 saturated heterocycles. The van der Waals surface area contributed by atoms with Gasteiger partial charge in [0.25, 0.3) is 0 Å². The van der Waals surface area contributed by atoms with Crippen molar-refractivity contribution in [1.29, 1.82) is 0 Å². The Kier molecular flexibility index (Phi) is 9.71. The molecule has 1 aromatic rings. The average molecular weight is 354 g/mol. The zero-order chi connectivity index (χ0) is 19.1. The van der Waals surface area contributed by atoms with E-state index >= 15 is 0 Å². The highest BCUT2D eigenvalue weighted by atomic mass is 16.1. The van der Waals surface area contributed by atoms with E-state index in [0.29, 0.717) is 12.8 Å². The monoisotopic (exact) mass is 354 g/mol. The first-order chi connectivity index (χ1) is 12.7. The summed E-state index contributed by atoms with van der Waals surface area (Å²) in [4.78, 5) is 54.3.